The third-order valence-electron chi connectivity index (χ3n) is 7.78. The van der Waals surface area contributed by atoms with Gasteiger partial charge in [0, 0.05) is 12.3 Å². The number of nitrogens with one attached hydrogen (secondary N) is 1. The molecule has 4 rings (SSSR count). The van der Waals surface area contributed by atoms with Crippen LogP contribution in [0.25, 0.3) is 0 Å². The highest BCUT2D eigenvalue weighted by Gasteiger charge is 2.58. The lowest BCUT2D eigenvalue weighted by molar-refractivity contribution is -0.117. The van der Waals surface area contributed by atoms with Crippen molar-refractivity contribution >= 4 is 16.2 Å². The standard InChI is InChI=1S/C23H31NO5S/c1-4-9-23-11-10-22(3)14-17(26)13-21(22)20(23)7-5-16-12-18(6-8-19(16)23)29-30(27,28)24-15(2)25/h4,6,8,12,17,20-21,26H,1,5,7,9-11,13-14H2,2-3H3,(H,24,25)/t17-,20?,21?,22-,23-/m1/s1. The van der Waals surface area contributed by atoms with Gasteiger partial charge in [0.15, 0.2) is 0 Å². The van der Waals surface area contributed by atoms with Crippen molar-refractivity contribution in [2.45, 2.75) is 70.3 Å². The molecule has 2 N–H and O–H groups in total. The zero-order chi connectivity index (χ0) is 21.7. The Morgan fingerprint density at radius 3 is 2.83 bits per heavy atom. The van der Waals surface area contributed by atoms with Crippen molar-refractivity contribution in [1.29, 1.82) is 0 Å². The normalized spacial score (nSPS) is 35.0. The summed E-state index contributed by atoms with van der Waals surface area (Å²) >= 11 is 0. The Hall–Kier alpha value is -1.86. The lowest BCUT2D eigenvalue weighted by atomic mass is 9.48. The third kappa shape index (κ3) is 3.56. The minimum absolute atomic E-state index is 0.0292. The molecule has 0 aliphatic heterocycles. The van der Waals surface area contributed by atoms with Crippen LogP contribution >= 0.6 is 0 Å². The summed E-state index contributed by atoms with van der Waals surface area (Å²) < 4.78 is 30.9. The molecule has 2 fully saturated rings. The highest BCUT2D eigenvalue weighted by molar-refractivity contribution is 7.85. The molecule has 6 nitrogen and oxygen atoms in total. The van der Waals surface area contributed by atoms with Gasteiger partial charge in [-0.2, -0.15) is 8.42 Å². The molecule has 1 amide bonds. The van der Waals surface area contributed by atoms with Crippen LogP contribution in [0.4, 0.5) is 0 Å². The van der Waals surface area contributed by atoms with Crippen molar-refractivity contribution in [3.05, 3.63) is 42.0 Å². The molecule has 7 heteroatoms. The molecule has 5 atom stereocenters. The number of hydrogen-bond donors (Lipinski definition) is 2. The Morgan fingerprint density at radius 2 is 2.13 bits per heavy atom. The average molecular weight is 434 g/mol. The Labute approximate surface area is 179 Å². The van der Waals surface area contributed by atoms with Crippen molar-refractivity contribution < 1.29 is 22.5 Å². The number of benzene rings is 1. The van der Waals surface area contributed by atoms with Gasteiger partial charge in [-0.15, -0.1) is 6.58 Å². The molecule has 2 saturated carbocycles. The predicted molar refractivity (Wildman–Crippen MR) is 114 cm³/mol. The minimum atomic E-state index is -4.18. The van der Waals surface area contributed by atoms with Gasteiger partial charge in [-0.1, -0.05) is 19.1 Å². The van der Waals surface area contributed by atoms with E-state index in [4.69, 9.17) is 4.18 Å². The number of carbonyl (C=O) groups is 1. The fourth-order valence-electron chi connectivity index (χ4n) is 6.75. The summed E-state index contributed by atoms with van der Waals surface area (Å²) in [6, 6.07) is 5.48. The zero-order valence-electron chi connectivity index (χ0n) is 17.7. The SMILES string of the molecule is C=CC[C@]12CC[C@]3(C)C[C@H](O)CC3C1CCc1cc(OS(=O)(=O)NC(C)=O)ccc12. The highest BCUT2D eigenvalue weighted by Crippen LogP contribution is 2.64. The summed E-state index contributed by atoms with van der Waals surface area (Å²) in [5.74, 6) is 0.496. The van der Waals surface area contributed by atoms with Gasteiger partial charge in [0.2, 0.25) is 5.91 Å². The van der Waals surface area contributed by atoms with Crippen molar-refractivity contribution in [2.75, 3.05) is 0 Å². The van der Waals surface area contributed by atoms with Crippen LogP contribution in [0.15, 0.2) is 30.9 Å². The van der Waals surface area contributed by atoms with Crippen molar-refractivity contribution in [3.8, 4) is 5.75 Å². The first-order valence-electron chi connectivity index (χ1n) is 10.7. The van der Waals surface area contributed by atoms with Crippen LogP contribution in [0, 0.1) is 17.3 Å². The van der Waals surface area contributed by atoms with Crippen molar-refractivity contribution in [1.82, 2.24) is 4.72 Å². The van der Waals surface area contributed by atoms with E-state index in [0.717, 1.165) is 57.4 Å². The number of rotatable bonds is 5. The first-order chi connectivity index (χ1) is 14.1. The van der Waals surface area contributed by atoms with Crippen molar-refractivity contribution in [3.63, 3.8) is 0 Å². The number of allylic oxidation sites excluding steroid dienone is 1. The second-order valence-electron chi connectivity index (χ2n) is 9.66. The number of hydrogen-bond acceptors (Lipinski definition) is 5. The lowest BCUT2D eigenvalue weighted by Gasteiger charge is -2.56. The Bertz CT molecular complexity index is 974. The van der Waals surface area contributed by atoms with Crippen LogP contribution < -0.4 is 8.91 Å². The van der Waals surface area contributed by atoms with Gasteiger partial charge in [0.25, 0.3) is 0 Å². The summed E-state index contributed by atoms with van der Waals surface area (Å²) in [4.78, 5) is 11.1. The summed E-state index contributed by atoms with van der Waals surface area (Å²) in [6.45, 7) is 7.50. The summed E-state index contributed by atoms with van der Waals surface area (Å²) in [6.07, 6.45) is 8.39. The molecule has 0 aromatic heterocycles. The fraction of sp³-hybridized carbons (Fsp3) is 0.609. The van der Waals surface area contributed by atoms with E-state index < -0.39 is 16.2 Å². The number of aliphatic hydroxyl groups is 1. The topological polar surface area (TPSA) is 92.7 Å². The van der Waals surface area contributed by atoms with E-state index >= 15 is 0 Å². The van der Waals surface area contributed by atoms with E-state index in [1.165, 1.54) is 5.56 Å². The molecule has 164 valence electrons. The highest BCUT2D eigenvalue weighted by atomic mass is 32.2. The average Bonchev–Trinajstić information content (AvgIpc) is 2.94. The molecule has 2 unspecified atom stereocenters. The first kappa shape index (κ1) is 21.4. The maximum absolute atomic E-state index is 12.0. The van der Waals surface area contributed by atoms with E-state index in [1.807, 2.05) is 16.9 Å². The third-order valence-corrected chi connectivity index (χ3v) is 8.73. The van der Waals surface area contributed by atoms with Gasteiger partial charge in [-0.25, -0.2) is 4.72 Å². The van der Waals surface area contributed by atoms with Crippen LogP contribution in [0.1, 0.15) is 63.5 Å². The van der Waals surface area contributed by atoms with Crippen LogP contribution in [0.2, 0.25) is 0 Å². The zero-order valence-corrected chi connectivity index (χ0v) is 18.5. The summed E-state index contributed by atoms with van der Waals surface area (Å²) in [7, 11) is -4.18. The molecular weight excluding hydrogens is 402 g/mol. The molecule has 0 saturated heterocycles. The second-order valence-corrected chi connectivity index (χ2v) is 10.9. The Morgan fingerprint density at radius 1 is 1.37 bits per heavy atom. The molecular formula is C23H31NO5S. The monoisotopic (exact) mass is 433 g/mol. The van der Waals surface area contributed by atoms with Gasteiger partial charge in [0.05, 0.1) is 6.10 Å². The van der Waals surface area contributed by atoms with Gasteiger partial charge in [-0.3, -0.25) is 4.79 Å². The van der Waals surface area contributed by atoms with Crippen LogP contribution in [0.5, 0.6) is 5.75 Å². The smallest absolute Gasteiger partial charge is 0.393 e. The molecule has 1 aromatic carbocycles. The maximum atomic E-state index is 12.0. The summed E-state index contributed by atoms with van der Waals surface area (Å²) in [5.41, 5.74) is 2.53. The van der Waals surface area contributed by atoms with Gasteiger partial charge >= 0.3 is 10.3 Å². The molecule has 0 bridgehead atoms. The number of carbonyl (C=O) groups excluding carboxylic acids is 1. The maximum Gasteiger partial charge on any atom is 0.409 e. The van der Waals surface area contributed by atoms with E-state index in [0.29, 0.717) is 11.8 Å². The van der Waals surface area contributed by atoms with Crippen LogP contribution in [0.3, 0.4) is 0 Å². The van der Waals surface area contributed by atoms with E-state index in [1.54, 1.807) is 12.1 Å². The molecule has 0 spiro atoms. The van der Waals surface area contributed by atoms with E-state index in [2.05, 4.69) is 13.5 Å². The van der Waals surface area contributed by atoms with Gasteiger partial charge in [-0.05, 0) is 85.5 Å². The molecule has 3 aliphatic rings. The van der Waals surface area contributed by atoms with Gasteiger partial charge in [0.1, 0.15) is 5.75 Å². The number of aliphatic hydroxyl groups excluding tert-OH is 1. The predicted octanol–water partition coefficient (Wildman–Crippen LogP) is 3.39. The van der Waals surface area contributed by atoms with E-state index in [9.17, 15) is 18.3 Å². The minimum Gasteiger partial charge on any atom is -0.393 e. The van der Waals surface area contributed by atoms with Crippen molar-refractivity contribution in [2.24, 2.45) is 17.3 Å². The first-order valence-corrected chi connectivity index (χ1v) is 12.1. The largest absolute Gasteiger partial charge is 0.409 e. The van der Waals surface area contributed by atoms with Crippen LogP contribution in [-0.4, -0.2) is 25.5 Å². The number of fused-ring (bicyclic) bond motifs is 5. The molecule has 3 aliphatic carbocycles. The molecule has 0 heterocycles. The quantitative estimate of drug-likeness (QED) is 0.695. The summed E-state index contributed by atoms with van der Waals surface area (Å²) in [5, 5.41) is 10.4. The fourth-order valence-corrected chi connectivity index (χ4v) is 7.50. The Balaban J connectivity index is 1.69. The lowest BCUT2D eigenvalue weighted by Crippen LogP contribution is -2.50. The number of aryl methyl sites for hydroxylation is 1. The number of amides is 1. The Kier molecular flexibility index (Phi) is 5.26. The molecule has 0 radical (unpaired) electrons. The molecule has 30 heavy (non-hydrogen) atoms. The molecule has 1 aromatic rings. The second kappa shape index (κ2) is 7.38. The van der Waals surface area contributed by atoms with E-state index in [-0.39, 0.29) is 22.7 Å². The van der Waals surface area contributed by atoms with Gasteiger partial charge < -0.3 is 9.29 Å². The van der Waals surface area contributed by atoms with Crippen LogP contribution in [-0.2, 0) is 26.9 Å².